The Bertz CT molecular complexity index is 1530. The second-order valence-electron chi connectivity index (χ2n) is 7.21. The lowest BCUT2D eigenvalue weighted by Crippen LogP contribution is -2.14. The highest BCUT2D eigenvalue weighted by atomic mass is 35.5. The lowest BCUT2D eigenvalue weighted by atomic mass is 10.2. The van der Waals surface area contributed by atoms with Crippen molar-refractivity contribution in [1.29, 1.82) is 0 Å². The van der Waals surface area contributed by atoms with Crippen LogP contribution in [-0.4, -0.2) is 26.8 Å². The molecular weight excluding hydrogens is 459 g/mol. The maximum Gasteiger partial charge on any atom is 0.261 e. The van der Waals surface area contributed by atoms with E-state index < -0.39 is 5.91 Å². The highest BCUT2D eigenvalue weighted by Crippen LogP contribution is 2.29. The SMILES string of the molecule is Nc1c(C(=O)Nc2ccc(Cl)cc2)c2nc3ccccc3nc2n1/N=C\c1ccc(Cl)cc1. The summed E-state index contributed by atoms with van der Waals surface area (Å²) in [6.45, 7) is 0. The Kier molecular flexibility index (Phi) is 5.42. The lowest BCUT2D eigenvalue weighted by Gasteiger charge is -2.05. The van der Waals surface area contributed by atoms with Crippen LogP contribution >= 0.6 is 23.2 Å². The summed E-state index contributed by atoms with van der Waals surface area (Å²) in [5.74, 6) is -0.304. The third-order valence-electron chi connectivity index (χ3n) is 5.00. The fraction of sp³-hybridized carbons (Fsp3) is 0. The molecule has 162 valence electrons. The van der Waals surface area contributed by atoms with Gasteiger partial charge in [-0.15, -0.1) is 0 Å². The molecule has 3 aromatic carbocycles. The molecule has 2 aromatic heterocycles. The van der Waals surface area contributed by atoms with Gasteiger partial charge >= 0.3 is 0 Å². The predicted molar refractivity (Wildman–Crippen MR) is 133 cm³/mol. The molecule has 9 heteroatoms. The molecule has 0 fully saturated rings. The van der Waals surface area contributed by atoms with Crippen LogP contribution < -0.4 is 11.1 Å². The smallest absolute Gasteiger partial charge is 0.261 e. The zero-order valence-corrected chi connectivity index (χ0v) is 18.5. The van der Waals surface area contributed by atoms with Crippen LogP contribution in [0, 0.1) is 0 Å². The van der Waals surface area contributed by atoms with E-state index in [-0.39, 0.29) is 11.4 Å². The maximum atomic E-state index is 13.2. The fourth-order valence-corrected chi connectivity index (χ4v) is 3.64. The number of para-hydroxylation sites is 2. The molecule has 0 atom stereocenters. The quantitative estimate of drug-likeness (QED) is 0.330. The van der Waals surface area contributed by atoms with Crippen molar-refractivity contribution in [3.05, 3.63) is 94.0 Å². The number of anilines is 2. The third-order valence-corrected chi connectivity index (χ3v) is 5.50. The predicted octanol–water partition coefficient (Wildman–Crippen LogP) is 5.61. The van der Waals surface area contributed by atoms with Crippen molar-refractivity contribution >= 4 is 69.0 Å². The number of hydrogen-bond acceptors (Lipinski definition) is 5. The summed E-state index contributed by atoms with van der Waals surface area (Å²) < 4.78 is 1.42. The van der Waals surface area contributed by atoms with Gasteiger partial charge in [-0.1, -0.05) is 47.5 Å². The van der Waals surface area contributed by atoms with E-state index in [1.165, 1.54) is 4.68 Å². The summed E-state index contributed by atoms with van der Waals surface area (Å²) in [6, 6.07) is 21.3. The van der Waals surface area contributed by atoms with Gasteiger partial charge in [-0.25, -0.2) is 9.97 Å². The van der Waals surface area contributed by atoms with E-state index >= 15 is 0 Å². The van der Waals surface area contributed by atoms with Gasteiger partial charge in [0.1, 0.15) is 16.9 Å². The van der Waals surface area contributed by atoms with Gasteiger partial charge < -0.3 is 11.1 Å². The molecule has 0 saturated heterocycles. The number of benzene rings is 3. The highest BCUT2D eigenvalue weighted by Gasteiger charge is 2.24. The molecule has 1 amide bonds. The monoisotopic (exact) mass is 474 g/mol. The number of fused-ring (bicyclic) bond motifs is 2. The minimum Gasteiger partial charge on any atom is -0.383 e. The van der Waals surface area contributed by atoms with Crippen LogP contribution in [-0.2, 0) is 0 Å². The largest absolute Gasteiger partial charge is 0.383 e. The van der Waals surface area contributed by atoms with Crippen LogP contribution in [0.1, 0.15) is 15.9 Å². The van der Waals surface area contributed by atoms with Crippen molar-refractivity contribution in [3.8, 4) is 0 Å². The second-order valence-corrected chi connectivity index (χ2v) is 8.09. The van der Waals surface area contributed by atoms with Crippen LogP contribution in [0.3, 0.4) is 0 Å². The Morgan fingerprint density at radius 2 is 1.52 bits per heavy atom. The Morgan fingerprint density at radius 1 is 0.909 bits per heavy atom. The molecule has 0 aliphatic heterocycles. The number of amides is 1. The van der Waals surface area contributed by atoms with Gasteiger partial charge in [-0.3, -0.25) is 4.79 Å². The van der Waals surface area contributed by atoms with Crippen LogP contribution in [0.15, 0.2) is 77.9 Å². The summed E-state index contributed by atoms with van der Waals surface area (Å²) in [5, 5.41) is 8.51. The van der Waals surface area contributed by atoms with Crippen LogP contribution in [0.2, 0.25) is 10.0 Å². The average molecular weight is 475 g/mol. The molecule has 5 aromatic rings. The molecule has 5 rings (SSSR count). The lowest BCUT2D eigenvalue weighted by molar-refractivity contribution is 0.102. The van der Waals surface area contributed by atoms with Gasteiger partial charge in [0.2, 0.25) is 0 Å². The Labute approximate surface area is 198 Å². The van der Waals surface area contributed by atoms with E-state index in [2.05, 4.69) is 20.4 Å². The summed E-state index contributed by atoms with van der Waals surface area (Å²) >= 11 is 11.9. The summed E-state index contributed by atoms with van der Waals surface area (Å²) in [6.07, 6.45) is 1.61. The minimum atomic E-state index is -0.426. The van der Waals surface area contributed by atoms with E-state index in [0.29, 0.717) is 37.9 Å². The van der Waals surface area contributed by atoms with Gasteiger partial charge in [0, 0.05) is 15.7 Å². The van der Waals surface area contributed by atoms with Crippen molar-refractivity contribution in [2.45, 2.75) is 0 Å². The minimum absolute atomic E-state index is 0.122. The molecule has 7 nitrogen and oxygen atoms in total. The normalized spacial score (nSPS) is 11.5. The number of nitrogens with zero attached hydrogens (tertiary/aromatic N) is 4. The molecule has 0 bridgehead atoms. The molecular formula is C24H16Cl2N6O. The van der Waals surface area contributed by atoms with E-state index in [0.717, 1.165) is 5.56 Å². The fourth-order valence-electron chi connectivity index (χ4n) is 3.39. The van der Waals surface area contributed by atoms with E-state index in [1.807, 2.05) is 36.4 Å². The first-order valence-electron chi connectivity index (χ1n) is 9.93. The van der Waals surface area contributed by atoms with Crippen LogP contribution in [0.5, 0.6) is 0 Å². The molecule has 0 aliphatic carbocycles. The number of halogens is 2. The number of nitrogens with one attached hydrogen (secondary N) is 1. The molecule has 0 aliphatic rings. The van der Waals surface area contributed by atoms with Crippen molar-refractivity contribution in [2.24, 2.45) is 5.10 Å². The first-order chi connectivity index (χ1) is 16.0. The number of aromatic nitrogens is 3. The van der Waals surface area contributed by atoms with Gasteiger partial charge in [0.25, 0.3) is 5.91 Å². The zero-order valence-electron chi connectivity index (χ0n) is 17.0. The van der Waals surface area contributed by atoms with Crippen molar-refractivity contribution in [3.63, 3.8) is 0 Å². The Morgan fingerprint density at radius 3 is 2.18 bits per heavy atom. The average Bonchev–Trinajstić information content (AvgIpc) is 3.09. The molecule has 0 unspecified atom stereocenters. The van der Waals surface area contributed by atoms with E-state index in [4.69, 9.17) is 28.9 Å². The van der Waals surface area contributed by atoms with Crippen molar-refractivity contribution in [2.75, 3.05) is 11.1 Å². The topological polar surface area (TPSA) is 98.2 Å². The number of hydrogen-bond donors (Lipinski definition) is 2. The zero-order chi connectivity index (χ0) is 22.9. The number of nitrogens with two attached hydrogens (primary N) is 1. The first kappa shape index (κ1) is 20.9. The Hall–Kier alpha value is -3.94. The van der Waals surface area contributed by atoms with Gasteiger partial charge in [-0.2, -0.15) is 9.78 Å². The molecule has 3 N–H and O–H groups in total. The number of nitrogen functional groups attached to an aromatic ring is 1. The van der Waals surface area contributed by atoms with E-state index in [1.54, 1.807) is 42.6 Å². The number of carbonyl (C=O) groups excluding carboxylic acids is 1. The Balaban J connectivity index is 1.65. The van der Waals surface area contributed by atoms with Gasteiger partial charge in [0.15, 0.2) is 5.65 Å². The number of carbonyl (C=O) groups is 1. The van der Waals surface area contributed by atoms with Gasteiger partial charge in [-0.05, 0) is 54.1 Å². The number of rotatable bonds is 4. The summed E-state index contributed by atoms with van der Waals surface area (Å²) in [7, 11) is 0. The molecule has 33 heavy (non-hydrogen) atoms. The van der Waals surface area contributed by atoms with E-state index in [9.17, 15) is 4.79 Å². The third kappa shape index (κ3) is 4.11. The summed E-state index contributed by atoms with van der Waals surface area (Å²) in [5.41, 5.74) is 10.0. The van der Waals surface area contributed by atoms with Crippen LogP contribution in [0.4, 0.5) is 11.5 Å². The molecule has 0 radical (unpaired) electrons. The van der Waals surface area contributed by atoms with Crippen molar-refractivity contribution in [1.82, 2.24) is 14.6 Å². The standard InChI is InChI=1S/C24H16Cl2N6O/c25-15-7-5-14(6-8-15)13-28-32-22(27)20(24(33)29-17-11-9-16(26)10-12-17)21-23(32)31-19-4-2-1-3-18(19)30-21/h1-13H,27H2,(H,29,33)/b28-13-. The second kappa shape index (κ2) is 8.54. The maximum absolute atomic E-state index is 13.2. The molecule has 0 spiro atoms. The molecule has 0 saturated carbocycles. The van der Waals surface area contributed by atoms with Crippen molar-refractivity contribution < 1.29 is 4.79 Å². The first-order valence-corrected chi connectivity index (χ1v) is 10.7. The van der Waals surface area contributed by atoms with Gasteiger partial charge in [0.05, 0.1) is 17.2 Å². The molecule has 2 heterocycles. The highest BCUT2D eigenvalue weighted by molar-refractivity contribution is 6.31. The summed E-state index contributed by atoms with van der Waals surface area (Å²) in [4.78, 5) is 22.6. The van der Waals surface area contributed by atoms with Crippen LogP contribution in [0.25, 0.3) is 22.2 Å².